The van der Waals surface area contributed by atoms with Crippen LogP contribution in [0, 0.1) is 0 Å². The van der Waals surface area contributed by atoms with E-state index >= 15 is 0 Å². The van der Waals surface area contributed by atoms with Crippen LogP contribution in [0.15, 0.2) is 24.3 Å². The molecule has 0 radical (unpaired) electrons. The minimum absolute atomic E-state index is 1.06. The van der Waals surface area contributed by atoms with Gasteiger partial charge >= 0.3 is 0 Å². The normalized spacial score (nSPS) is 11.1. The summed E-state index contributed by atoms with van der Waals surface area (Å²) < 4.78 is 0. The number of hydrogen-bond acceptors (Lipinski definition) is 1. The van der Waals surface area contributed by atoms with Crippen molar-refractivity contribution in [2.24, 2.45) is 0 Å². The van der Waals surface area contributed by atoms with Crippen LogP contribution in [0.3, 0.4) is 0 Å². The van der Waals surface area contributed by atoms with Gasteiger partial charge in [-0.3, -0.25) is 0 Å². The largest absolute Gasteiger partial charge is 0.305 e. The maximum atomic E-state index is 2.30. The molecule has 0 N–H and O–H groups in total. The zero-order valence-electron chi connectivity index (χ0n) is 12.4. The van der Waals surface area contributed by atoms with Gasteiger partial charge in [0.25, 0.3) is 0 Å². The quantitative estimate of drug-likeness (QED) is 0.574. The molecule has 0 spiro atoms. The van der Waals surface area contributed by atoms with Crippen molar-refractivity contribution in [3.8, 4) is 0 Å². The van der Waals surface area contributed by atoms with Crippen LogP contribution in [0.25, 0.3) is 0 Å². The highest BCUT2D eigenvalue weighted by Crippen LogP contribution is 2.15. The molecule has 1 aromatic carbocycles. The topological polar surface area (TPSA) is 3.24 Å². The lowest BCUT2D eigenvalue weighted by Gasteiger charge is -2.14. The molecule has 0 aromatic heterocycles. The first-order valence-corrected chi connectivity index (χ1v) is 7.45. The number of unbranched alkanes of at least 4 members (excludes halogenated alkanes) is 5. The van der Waals surface area contributed by atoms with Crippen molar-refractivity contribution < 1.29 is 0 Å². The van der Waals surface area contributed by atoms with Crippen LogP contribution in [0.5, 0.6) is 0 Å². The van der Waals surface area contributed by atoms with Crippen LogP contribution in [-0.2, 0) is 13.0 Å². The van der Waals surface area contributed by atoms with Crippen molar-refractivity contribution >= 4 is 0 Å². The highest BCUT2D eigenvalue weighted by atomic mass is 15.0. The number of benzene rings is 1. The lowest BCUT2D eigenvalue weighted by Crippen LogP contribution is -2.12. The molecule has 0 saturated heterocycles. The predicted octanol–water partition coefficient (Wildman–Crippen LogP) is 4.65. The van der Waals surface area contributed by atoms with Gasteiger partial charge in [-0.15, -0.1) is 0 Å². The van der Waals surface area contributed by atoms with Gasteiger partial charge in [0.2, 0.25) is 0 Å². The summed E-state index contributed by atoms with van der Waals surface area (Å²) in [6.07, 6.45) is 9.53. The summed E-state index contributed by atoms with van der Waals surface area (Å²) >= 11 is 0. The van der Waals surface area contributed by atoms with Gasteiger partial charge in [0.1, 0.15) is 0 Å². The van der Waals surface area contributed by atoms with E-state index in [4.69, 9.17) is 0 Å². The summed E-state index contributed by atoms with van der Waals surface area (Å²) in [6, 6.07) is 8.90. The smallest absolute Gasteiger partial charge is 0.0230 e. The van der Waals surface area contributed by atoms with Crippen LogP contribution in [-0.4, -0.2) is 19.0 Å². The van der Waals surface area contributed by atoms with E-state index in [0.717, 1.165) is 6.54 Å². The lowest BCUT2D eigenvalue weighted by molar-refractivity contribution is 0.400. The molecule has 1 heteroatoms. The highest BCUT2D eigenvalue weighted by molar-refractivity contribution is 5.27. The van der Waals surface area contributed by atoms with Crippen molar-refractivity contribution in [2.75, 3.05) is 14.1 Å². The lowest BCUT2D eigenvalue weighted by atomic mass is 10.00. The number of nitrogens with zero attached hydrogens (tertiary/aromatic N) is 1. The van der Waals surface area contributed by atoms with Gasteiger partial charge in [-0.25, -0.2) is 0 Å². The van der Waals surface area contributed by atoms with Crippen molar-refractivity contribution in [2.45, 2.75) is 58.4 Å². The summed E-state index contributed by atoms with van der Waals surface area (Å²) in [7, 11) is 4.28. The highest BCUT2D eigenvalue weighted by Gasteiger charge is 2.02. The van der Waals surface area contributed by atoms with Crippen LogP contribution in [0.2, 0.25) is 0 Å². The first-order valence-electron chi connectivity index (χ1n) is 7.45. The minimum Gasteiger partial charge on any atom is -0.305 e. The molecule has 0 unspecified atom stereocenters. The van der Waals surface area contributed by atoms with Gasteiger partial charge < -0.3 is 4.90 Å². The molecule has 0 fully saturated rings. The molecule has 0 atom stereocenters. The Balaban J connectivity index is 2.32. The molecule has 0 aliphatic rings. The minimum atomic E-state index is 1.06. The van der Waals surface area contributed by atoms with E-state index in [1.165, 1.54) is 50.5 Å². The Morgan fingerprint density at radius 1 is 0.833 bits per heavy atom. The Bertz CT molecular complexity index is 317. The van der Waals surface area contributed by atoms with E-state index in [1.807, 2.05) is 0 Å². The fourth-order valence-corrected chi connectivity index (χ4v) is 2.39. The average Bonchev–Trinajstić information content (AvgIpc) is 2.35. The van der Waals surface area contributed by atoms with Crippen molar-refractivity contribution in [3.63, 3.8) is 0 Å². The summed E-state index contributed by atoms with van der Waals surface area (Å²) in [5.41, 5.74) is 3.04. The second-order valence-electron chi connectivity index (χ2n) is 5.52. The molecule has 102 valence electrons. The molecule has 0 heterocycles. The molecule has 0 saturated carbocycles. The van der Waals surface area contributed by atoms with Crippen LogP contribution < -0.4 is 0 Å². The van der Waals surface area contributed by atoms with Crippen molar-refractivity contribution in [1.29, 1.82) is 0 Å². The molecule has 18 heavy (non-hydrogen) atoms. The van der Waals surface area contributed by atoms with E-state index in [1.54, 1.807) is 5.56 Å². The van der Waals surface area contributed by atoms with Gasteiger partial charge in [0, 0.05) is 6.54 Å². The molecule has 0 amide bonds. The van der Waals surface area contributed by atoms with E-state index < -0.39 is 0 Å². The second kappa shape index (κ2) is 9.16. The Morgan fingerprint density at radius 3 is 2.11 bits per heavy atom. The van der Waals surface area contributed by atoms with E-state index in [-0.39, 0.29) is 0 Å². The maximum Gasteiger partial charge on any atom is 0.0230 e. The number of hydrogen-bond donors (Lipinski definition) is 0. The van der Waals surface area contributed by atoms with Gasteiger partial charge in [-0.2, -0.15) is 0 Å². The third kappa shape index (κ3) is 6.20. The molecule has 1 nitrogen and oxygen atoms in total. The monoisotopic (exact) mass is 247 g/mol. The Morgan fingerprint density at radius 2 is 1.44 bits per heavy atom. The van der Waals surface area contributed by atoms with Crippen molar-refractivity contribution in [3.05, 3.63) is 35.4 Å². The van der Waals surface area contributed by atoms with E-state index in [0.29, 0.717) is 0 Å². The standard InChI is InChI=1S/C17H29N/c1-4-5-6-7-8-9-12-16-13-10-11-14-17(16)15-18(2)3/h10-11,13-14H,4-9,12,15H2,1-3H3. The van der Waals surface area contributed by atoms with Gasteiger partial charge in [0.15, 0.2) is 0 Å². The molecule has 1 aromatic rings. The molecule has 0 bridgehead atoms. The van der Waals surface area contributed by atoms with Gasteiger partial charge in [0.05, 0.1) is 0 Å². The first kappa shape index (κ1) is 15.2. The average molecular weight is 247 g/mol. The molecular weight excluding hydrogens is 218 g/mol. The number of aryl methyl sites for hydroxylation is 1. The SMILES string of the molecule is CCCCCCCCc1ccccc1CN(C)C. The molecule has 1 rings (SSSR count). The third-order valence-electron chi connectivity index (χ3n) is 3.40. The Hall–Kier alpha value is -0.820. The van der Waals surface area contributed by atoms with Crippen LogP contribution in [0.1, 0.15) is 56.6 Å². The molecule has 0 aliphatic carbocycles. The zero-order valence-corrected chi connectivity index (χ0v) is 12.4. The van der Waals surface area contributed by atoms with Crippen LogP contribution >= 0.6 is 0 Å². The number of rotatable bonds is 9. The summed E-state index contributed by atoms with van der Waals surface area (Å²) in [5.74, 6) is 0. The first-order chi connectivity index (χ1) is 8.74. The fraction of sp³-hybridized carbons (Fsp3) is 0.647. The van der Waals surface area contributed by atoms with E-state index in [9.17, 15) is 0 Å². The molecular formula is C17H29N. The van der Waals surface area contributed by atoms with Gasteiger partial charge in [-0.1, -0.05) is 63.3 Å². The Kier molecular flexibility index (Phi) is 7.75. The summed E-state index contributed by atoms with van der Waals surface area (Å²) in [5, 5.41) is 0. The second-order valence-corrected chi connectivity index (χ2v) is 5.52. The predicted molar refractivity (Wildman–Crippen MR) is 80.9 cm³/mol. The third-order valence-corrected chi connectivity index (χ3v) is 3.40. The fourth-order valence-electron chi connectivity index (χ4n) is 2.39. The summed E-state index contributed by atoms with van der Waals surface area (Å²) in [4.78, 5) is 2.25. The maximum absolute atomic E-state index is 2.30. The molecule has 0 aliphatic heterocycles. The van der Waals surface area contributed by atoms with Crippen molar-refractivity contribution in [1.82, 2.24) is 4.90 Å². The Labute approximate surface area is 113 Å². The van der Waals surface area contributed by atoms with Crippen LogP contribution in [0.4, 0.5) is 0 Å². The summed E-state index contributed by atoms with van der Waals surface area (Å²) in [6.45, 7) is 3.34. The van der Waals surface area contributed by atoms with Gasteiger partial charge in [-0.05, 0) is 38.1 Å². The zero-order chi connectivity index (χ0) is 13.2. The van der Waals surface area contributed by atoms with E-state index in [2.05, 4.69) is 50.2 Å².